The van der Waals surface area contributed by atoms with Gasteiger partial charge in [-0.15, -0.1) is 6.58 Å². The molecule has 3 nitrogen and oxygen atoms in total. The fourth-order valence-electron chi connectivity index (χ4n) is 1.65. The molecule has 0 radical (unpaired) electrons. The number of rotatable bonds is 9. The van der Waals surface area contributed by atoms with Gasteiger partial charge < -0.3 is 14.8 Å². The molecule has 1 N–H and O–H groups in total. The third-order valence-corrected chi connectivity index (χ3v) is 2.76. The molecule has 1 rings (SSSR count). The number of hydrogen-bond acceptors (Lipinski definition) is 3. The summed E-state index contributed by atoms with van der Waals surface area (Å²) >= 11 is 0. The minimum Gasteiger partial charge on any atom is -0.497 e. The summed E-state index contributed by atoms with van der Waals surface area (Å²) in [5.74, 6) is 0.892. The van der Waals surface area contributed by atoms with Crippen molar-refractivity contribution in [2.75, 3.05) is 26.9 Å². The van der Waals surface area contributed by atoms with Crippen LogP contribution in [0.1, 0.15) is 24.9 Å². The van der Waals surface area contributed by atoms with E-state index in [9.17, 15) is 0 Å². The largest absolute Gasteiger partial charge is 0.497 e. The maximum Gasteiger partial charge on any atom is 0.119 e. The van der Waals surface area contributed by atoms with E-state index < -0.39 is 0 Å². The fourth-order valence-corrected chi connectivity index (χ4v) is 1.65. The maximum absolute atomic E-state index is 5.45. The molecule has 0 fully saturated rings. The first-order chi connectivity index (χ1) is 8.77. The van der Waals surface area contributed by atoms with Crippen LogP contribution in [0.25, 0.3) is 0 Å². The molecule has 0 bridgehead atoms. The van der Waals surface area contributed by atoms with E-state index >= 15 is 0 Å². The van der Waals surface area contributed by atoms with E-state index in [0.29, 0.717) is 6.04 Å². The first-order valence-corrected chi connectivity index (χ1v) is 6.34. The minimum absolute atomic E-state index is 0.295. The van der Waals surface area contributed by atoms with Crippen LogP contribution >= 0.6 is 0 Å². The summed E-state index contributed by atoms with van der Waals surface area (Å²) in [6.45, 7) is 8.11. The Hall–Kier alpha value is -1.32. The standard InChI is InChI=1S/C15H23NO2/c1-4-5-10-18-11-9-16-13(2)14-7-6-8-15(12-14)17-3/h4,6-8,12-13,16H,1,5,9-11H2,2-3H3. The molecule has 0 heterocycles. The lowest BCUT2D eigenvalue weighted by Gasteiger charge is -2.15. The van der Waals surface area contributed by atoms with Gasteiger partial charge in [0.25, 0.3) is 0 Å². The van der Waals surface area contributed by atoms with Crippen molar-refractivity contribution < 1.29 is 9.47 Å². The van der Waals surface area contributed by atoms with Crippen molar-refractivity contribution in [2.24, 2.45) is 0 Å². The van der Waals surface area contributed by atoms with Crippen molar-refractivity contribution in [3.63, 3.8) is 0 Å². The smallest absolute Gasteiger partial charge is 0.119 e. The first kappa shape index (κ1) is 14.7. The Morgan fingerprint density at radius 2 is 2.22 bits per heavy atom. The normalized spacial score (nSPS) is 12.1. The summed E-state index contributed by atoms with van der Waals surface area (Å²) < 4.78 is 10.7. The van der Waals surface area contributed by atoms with Crippen molar-refractivity contribution in [2.45, 2.75) is 19.4 Å². The van der Waals surface area contributed by atoms with Gasteiger partial charge in [0.05, 0.1) is 20.3 Å². The molecule has 1 unspecified atom stereocenters. The lowest BCUT2D eigenvalue weighted by atomic mass is 10.1. The Kier molecular flexibility index (Phi) is 7.14. The summed E-state index contributed by atoms with van der Waals surface area (Å²) in [7, 11) is 1.69. The quantitative estimate of drug-likeness (QED) is 0.539. The van der Waals surface area contributed by atoms with E-state index in [2.05, 4.69) is 31.0 Å². The molecule has 0 aromatic heterocycles. The van der Waals surface area contributed by atoms with Gasteiger partial charge in [-0.1, -0.05) is 18.2 Å². The average molecular weight is 249 g/mol. The van der Waals surface area contributed by atoms with Gasteiger partial charge in [-0.05, 0) is 31.0 Å². The number of methoxy groups -OCH3 is 1. The zero-order valence-corrected chi connectivity index (χ0v) is 11.3. The lowest BCUT2D eigenvalue weighted by molar-refractivity contribution is 0.138. The molecule has 100 valence electrons. The highest BCUT2D eigenvalue weighted by molar-refractivity contribution is 5.30. The lowest BCUT2D eigenvalue weighted by Crippen LogP contribution is -2.23. The van der Waals surface area contributed by atoms with Gasteiger partial charge >= 0.3 is 0 Å². The van der Waals surface area contributed by atoms with Crippen molar-refractivity contribution in [3.8, 4) is 5.75 Å². The van der Waals surface area contributed by atoms with Crippen LogP contribution in [-0.4, -0.2) is 26.9 Å². The monoisotopic (exact) mass is 249 g/mol. The summed E-state index contributed by atoms with van der Waals surface area (Å²) in [6.07, 6.45) is 2.78. The highest BCUT2D eigenvalue weighted by atomic mass is 16.5. The maximum atomic E-state index is 5.45. The number of benzene rings is 1. The first-order valence-electron chi connectivity index (χ1n) is 6.34. The highest BCUT2D eigenvalue weighted by Gasteiger charge is 2.04. The van der Waals surface area contributed by atoms with Crippen LogP contribution in [0.4, 0.5) is 0 Å². The van der Waals surface area contributed by atoms with E-state index in [1.807, 2.05) is 18.2 Å². The van der Waals surface area contributed by atoms with Crippen LogP contribution in [-0.2, 0) is 4.74 Å². The highest BCUT2D eigenvalue weighted by Crippen LogP contribution is 2.18. The van der Waals surface area contributed by atoms with Gasteiger partial charge in [-0.25, -0.2) is 0 Å². The van der Waals surface area contributed by atoms with E-state index in [-0.39, 0.29) is 0 Å². The van der Waals surface area contributed by atoms with Gasteiger partial charge in [0.2, 0.25) is 0 Å². The molecule has 1 aromatic rings. The minimum atomic E-state index is 0.295. The van der Waals surface area contributed by atoms with E-state index in [1.54, 1.807) is 7.11 Å². The van der Waals surface area contributed by atoms with Crippen LogP contribution < -0.4 is 10.1 Å². The van der Waals surface area contributed by atoms with Crippen molar-refractivity contribution in [1.29, 1.82) is 0 Å². The van der Waals surface area contributed by atoms with Crippen LogP contribution in [0.2, 0.25) is 0 Å². The molecule has 3 heteroatoms. The van der Waals surface area contributed by atoms with Crippen molar-refractivity contribution in [3.05, 3.63) is 42.5 Å². The second-order valence-electron chi connectivity index (χ2n) is 4.14. The van der Waals surface area contributed by atoms with Crippen LogP contribution in [0.15, 0.2) is 36.9 Å². The van der Waals surface area contributed by atoms with Gasteiger partial charge in [-0.2, -0.15) is 0 Å². The molecule has 1 atom stereocenters. The number of ether oxygens (including phenoxy) is 2. The van der Waals surface area contributed by atoms with Gasteiger partial charge in [0.15, 0.2) is 0 Å². The Bertz CT molecular complexity index is 352. The van der Waals surface area contributed by atoms with Gasteiger partial charge in [0.1, 0.15) is 5.75 Å². The van der Waals surface area contributed by atoms with Crippen LogP contribution in [0, 0.1) is 0 Å². The summed E-state index contributed by atoms with van der Waals surface area (Å²) in [5, 5.41) is 3.42. The van der Waals surface area contributed by atoms with Crippen molar-refractivity contribution in [1.82, 2.24) is 5.32 Å². The van der Waals surface area contributed by atoms with Gasteiger partial charge in [0, 0.05) is 12.6 Å². The summed E-state index contributed by atoms with van der Waals surface area (Å²) in [6, 6.07) is 8.40. The molecule has 18 heavy (non-hydrogen) atoms. The zero-order valence-electron chi connectivity index (χ0n) is 11.3. The summed E-state index contributed by atoms with van der Waals surface area (Å²) in [4.78, 5) is 0. The third kappa shape index (κ3) is 5.34. The Balaban J connectivity index is 2.27. The molecule has 0 saturated heterocycles. The average Bonchev–Trinajstić information content (AvgIpc) is 2.42. The molecule has 0 aliphatic heterocycles. The molecule has 0 spiro atoms. The molecule has 0 aliphatic rings. The van der Waals surface area contributed by atoms with E-state index in [4.69, 9.17) is 9.47 Å². The van der Waals surface area contributed by atoms with Gasteiger partial charge in [-0.3, -0.25) is 0 Å². The van der Waals surface area contributed by atoms with Crippen LogP contribution in [0.5, 0.6) is 5.75 Å². The van der Waals surface area contributed by atoms with E-state index in [1.165, 1.54) is 5.56 Å². The molecule has 0 saturated carbocycles. The fraction of sp³-hybridized carbons (Fsp3) is 0.467. The molecular weight excluding hydrogens is 226 g/mol. The molecule has 0 aliphatic carbocycles. The Morgan fingerprint density at radius 3 is 2.94 bits per heavy atom. The molecule has 1 aromatic carbocycles. The predicted molar refractivity (Wildman–Crippen MR) is 75.0 cm³/mol. The molecular formula is C15H23NO2. The zero-order chi connectivity index (χ0) is 13.2. The van der Waals surface area contributed by atoms with E-state index in [0.717, 1.165) is 31.9 Å². The number of nitrogens with one attached hydrogen (secondary N) is 1. The Labute approximate surface area is 110 Å². The second-order valence-corrected chi connectivity index (χ2v) is 4.14. The second kappa shape index (κ2) is 8.72. The predicted octanol–water partition coefficient (Wildman–Crippen LogP) is 2.94. The van der Waals surface area contributed by atoms with Crippen molar-refractivity contribution >= 4 is 0 Å². The third-order valence-electron chi connectivity index (χ3n) is 2.76. The SMILES string of the molecule is C=CCCOCCNC(C)c1cccc(OC)c1. The number of hydrogen-bond donors (Lipinski definition) is 1. The summed E-state index contributed by atoms with van der Waals surface area (Å²) in [5.41, 5.74) is 1.22. The topological polar surface area (TPSA) is 30.5 Å². The molecule has 0 amide bonds. The Morgan fingerprint density at radius 1 is 1.39 bits per heavy atom. The van der Waals surface area contributed by atoms with Crippen LogP contribution in [0.3, 0.4) is 0 Å².